The fourth-order valence-corrected chi connectivity index (χ4v) is 3.43. The molecule has 1 aliphatic rings. The van der Waals surface area contributed by atoms with Crippen molar-refractivity contribution in [2.24, 2.45) is 0 Å². The van der Waals surface area contributed by atoms with E-state index < -0.39 is 10.0 Å². The Bertz CT molecular complexity index is 451. The first kappa shape index (κ1) is 13.5. The SMILES string of the molecule is CC(CN1CCCCC1)NS(=O)(=O)c1ccn[nH]1. The number of nitrogens with one attached hydrogen (secondary N) is 2. The first-order valence-corrected chi connectivity index (χ1v) is 7.80. The van der Waals surface area contributed by atoms with Gasteiger partial charge in [-0.05, 0) is 38.9 Å². The smallest absolute Gasteiger partial charge is 0.257 e. The van der Waals surface area contributed by atoms with Gasteiger partial charge >= 0.3 is 0 Å². The topological polar surface area (TPSA) is 78.1 Å². The normalized spacial score (nSPS) is 19.8. The molecule has 1 saturated heterocycles. The third-order valence-corrected chi connectivity index (χ3v) is 4.62. The molecule has 2 N–H and O–H groups in total. The number of nitrogens with zero attached hydrogens (tertiary/aromatic N) is 2. The summed E-state index contributed by atoms with van der Waals surface area (Å²) in [6.45, 7) is 4.78. The van der Waals surface area contributed by atoms with Gasteiger partial charge in [-0.1, -0.05) is 6.42 Å². The van der Waals surface area contributed by atoms with Crippen molar-refractivity contribution in [2.45, 2.75) is 37.3 Å². The summed E-state index contributed by atoms with van der Waals surface area (Å²) < 4.78 is 26.6. The van der Waals surface area contributed by atoms with Gasteiger partial charge in [0, 0.05) is 12.6 Å². The van der Waals surface area contributed by atoms with Gasteiger partial charge in [0.15, 0.2) is 5.03 Å². The molecule has 7 heteroatoms. The number of H-pyrrole nitrogens is 1. The van der Waals surface area contributed by atoms with E-state index in [-0.39, 0.29) is 11.1 Å². The summed E-state index contributed by atoms with van der Waals surface area (Å²) in [6, 6.07) is 1.35. The molecule has 1 aromatic heterocycles. The van der Waals surface area contributed by atoms with Crippen LogP contribution in [-0.4, -0.2) is 49.2 Å². The number of piperidine rings is 1. The van der Waals surface area contributed by atoms with Gasteiger partial charge in [-0.15, -0.1) is 0 Å². The zero-order valence-corrected chi connectivity index (χ0v) is 11.4. The van der Waals surface area contributed by atoms with Crippen molar-refractivity contribution < 1.29 is 8.42 Å². The van der Waals surface area contributed by atoms with Crippen LogP contribution in [0.25, 0.3) is 0 Å². The Labute approximate surface area is 108 Å². The van der Waals surface area contributed by atoms with Crippen LogP contribution in [0.2, 0.25) is 0 Å². The molecule has 102 valence electrons. The van der Waals surface area contributed by atoms with Crippen molar-refractivity contribution in [2.75, 3.05) is 19.6 Å². The fraction of sp³-hybridized carbons (Fsp3) is 0.727. The second-order valence-corrected chi connectivity index (χ2v) is 6.49. The lowest BCUT2D eigenvalue weighted by Crippen LogP contribution is -2.43. The highest BCUT2D eigenvalue weighted by Gasteiger charge is 2.20. The number of sulfonamides is 1. The van der Waals surface area contributed by atoms with E-state index in [0.29, 0.717) is 0 Å². The van der Waals surface area contributed by atoms with Crippen LogP contribution in [0.15, 0.2) is 17.3 Å². The third kappa shape index (κ3) is 3.54. The molecular formula is C11H20N4O2S. The minimum Gasteiger partial charge on any atom is -0.302 e. The number of likely N-dealkylation sites (tertiary alicyclic amines) is 1. The van der Waals surface area contributed by atoms with Crippen molar-refractivity contribution in [1.29, 1.82) is 0 Å². The molecule has 0 amide bonds. The van der Waals surface area contributed by atoms with E-state index in [2.05, 4.69) is 19.8 Å². The van der Waals surface area contributed by atoms with E-state index in [1.54, 1.807) is 0 Å². The number of aromatic amines is 1. The van der Waals surface area contributed by atoms with Crippen molar-refractivity contribution >= 4 is 10.0 Å². The summed E-state index contributed by atoms with van der Waals surface area (Å²) in [7, 11) is -3.46. The molecule has 6 nitrogen and oxygen atoms in total. The van der Waals surface area contributed by atoms with E-state index in [9.17, 15) is 8.42 Å². The molecule has 0 bridgehead atoms. The van der Waals surface area contributed by atoms with Gasteiger partial charge in [-0.2, -0.15) is 5.10 Å². The van der Waals surface area contributed by atoms with Crippen molar-refractivity contribution in [3.05, 3.63) is 12.3 Å². The highest BCUT2D eigenvalue weighted by molar-refractivity contribution is 7.89. The van der Waals surface area contributed by atoms with Crippen LogP contribution in [0.3, 0.4) is 0 Å². The minimum atomic E-state index is -3.46. The highest BCUT2D eigenvalue weighted by atomic mass is 32.2. The lowest BCUT2D eigenvalue weighted by molar-refractivity contribution is 0.215. The quantitative estimate of drug-likeness (QED) is 0.821. The molecule has 0 aliphatic carbocycles. The molecule has 18 heavy (non-hydrogen) atoms. The molecule has 1 aromatic rings. The Morgan fingerprint density at radius 3 is 2.78 bits per heavy atom. The van der Waals surface area contributed by atoms with Crippen LogP contribution in [0.1, 0.15) is 26.2 Å². The Morgan fingerprint density at radius 1 is 1.44 bits per heavy atom. The first-order chi connectivity index (χ1) is 8.58. The molecule has 1 fully saturated rings. The molecular weight excluding hydrogens is 252 g/mol. The second-order valence-electron chi connectivity index (χ2n) is 4.80. The molecule has 0 radical (unpaired) electrons. The van der Waals surface area contributed by atoms with Gasteiger partial charge < -0.3 is 4.90 Å². The van der Waals surface area contributed by atoms with E-state index in [4.69, 9.17) is 0 Å². The summed E-state index contributed by atoms with van der Waals surface area (Å²) in [5, 5.41) is 6.25. The standard InChI is InChI=1S/C11H20N4O2S/c1-10(9-15-7-3-2-4-8-15)14-18(16,17)11-5-6-12-13-11/h5-6,10,14H,2-4,7-9H2,1H3,(H,12,13). The third-order valence-electron chi connectivity index (χ3n) is 3.10. The largest absolute Gasteiger partial charge is 0.302 e. The van der Waals surface area contributed by atoms with Crippen LogP contribution in [0, 0.1) is 0 Å². The minimum absolute atomic E-state index is 0.101. The van der Waals surface area contributed by atoms with Gasteiger partial charge in [0.2, 0.25) is 0 Å². The molecule has 2 heterocycles. The average Bonchev–Trinajstić information content (AvgIpc) is 2.83. The average molecular weight is 272 g/mol. The molecule has 0 saturated carbocycles. The highest BCUT2D eigenvalue weighted by Crippen LogP contribution is 2.10. The lowest BCUT2D eigenvalue weighted by atomic mass is 10.1. The predicted octanol–water partition coefficient (Wildman–Crippen LogP) is 0.562. The van der Waals surface area contributed by atoms with Gasteiger partial charge in [0.05, 0.1) is 6.20 Å². The molecule has 0 aromatic carbocycles. The maximum absolute atomic E-state index is 11.9. The van der Waals surface area contributed by atoms with Crippen LogP contribution < -0.4 is 4.72 Å². The number of hydrogen-bond acceptors (Lipinski definition) is 4. The van der Waals surface area contributed by atoms with E-state index in [1.165, 1.54) is 31.5 Å². The van der Waals surface area contributed by atoms with Gasteiger partial charge in [0.1, 0.15) is 0 Å². The van der Waals surface area contributed by atoms with E-state index >= 15 is 0 Å². The Hall–Kier alpha value is -0.920. The van der Waals surface area contributed by atoms with Gasteiger partial charge in [-0.25, -0.2) is 13.1 Å². The van der Waals surface area contributed by atoms with Crippen molar-refractivity contribution in [1.82, 2.24) is 19.8 Å². The molecule has 0 spiro atoms. The Balaban J connectivity index is 1.88. The van der Waals surface area contributed by atoms with Gasteiger partial charge in [-0.3, -0.25) is 5.10 Å². The molecule has 1 unspecified atom stereocenters. The number of aromatic nitrogens is 2. The summed E-state index contributed by atoms with van der Waals surface area (Å²) in [5.74, 6) is 0. The maximum Gasteiger partial charge on any atom is 0.257 e. The van der Waals surface area contributed by atoms with Gasteiger partial charge in [0.25, 0.3) is 10.0 Å². The van der Waals surface area contributed by atoms with Crippen LogP contribution in [0.4, 0.5) is 0 Å². The van der Waals surface area contributed by atoms with Crippen molar-refractivity contribution in [3.63, 3.8) is 0 Å². The maximum atomic E-state index is 11.9. The van der Waals surface area contributed by atoms with Crippen LogP contribution in [-0.2, 0) is 10.0 Å². The Kier molecular flexibility index (Phi) is 4.36. The van der Waals surface area contributed by atoms with Crippen LogP contribution >= 0.6 is 0 Å². The molecule has 2 rings (SSSR count). The summed E-state index contributed by atoms with van der Waals surface area (Å²) >= 11 is 0. The lowest BCUT2D eigenvalue weighted by Gasteiger charge is -2.29. The Morgan fingerprint density at radius 2 is 2.17 bits per heavy atom. The second kappa shape index (κ2) is 5.81. The van der Waals surface area contributed by atoms with Crippen molar-refractivity contribution in [3.8, 4) is 0 Å². The first-order valence-electron chi connectivity index (χ1n) is 6.32. The summed E-state index contributed by atoms with van der Waals surface area (Å²) in [6.07, 6.45) is 5.13. The monoisotopic (exact) mass is 272 g/mol. The number of hydrogen-bond donors (Lipinski definition) is 2. The summed E-state index contributed by atoms with van der Waals surface area (Å²) in [5.41, 5.74) is 0. The fourth-order valence-electron chi connectivity index (χ4n) is 2.29. The van der Waals surface area contributed by atoms with E-state index in [0.717, 1.165) is 19.6 Å². The van der Waals surface area contributed by atoms with Crippen LogP contribution in [0.5, 0.6) is 0 Å². The predicted molar refractivity (Wildman–Crippen MR) is 68.7 cm³/mol. The zero-order valence-electron chi connectivity index (χ0n) is 10.6. The molecule has 1 aliphatic heterocycles. The number of rotatable bonds is 5. The summed E-state index contributed by atoms with van der Waals surface area (Å²) in [4.78, 5) is 2.31. The molecule has 1 atom stereocenters. The zero-order chi connectivity index (χ0) is 13.0. The van der Waals surface area contributed by atoms with E-state index in [1.807, 2.05) is 6.92 Å².